The molecule has 1 saturated carbocycles. The first kappa shape index (κ1) is 13.5. The predicted octanol–water partition coefficient (Wildman–Crippen LogP) is 3.25. The van der Waals surface area contributed by atoms with Gasteiger partial charge in [0, 0.05) is 10.5 Å². The van der Waals surface area contributed by atoms with Crippen LogP contribution in [0.25, 0.3) is 0 Å². The number of aliphatic carboxylic acids is 1. The summed E-state index contributed by atoms with van der Waals surface area (Å²) in [6.07, 6.45) is 4.20. The molecule has 18 heavy (non-hydrogen) atoms. The lowest BCUT2D eigenvalue weighted by atomic mass is 10.1. The second-order valence-corrected chi connectivity index (χ2v) is 5.44. The lowest BCUT2D eigenvalue weighted by Crippen LogP contribution is -2.35. The molecule has 1 aromatic rings. The van der Waals surface area contributed by atoms with Crippen LogP contribution in [0.2, 0.25) is 0 Å². The molecule has 98 valence electrons. The standard InChI is InChI=1S/C13H15BrFNO2/c14-11-6-5-8(15)7-10(11)12(13(17)18)16-9-3-1-2-4-9/h5-7,9,12,16H,1-4H2,(H,17,18). The molecule has 1 aromatic carbocycles. The minimum atomic E-state index is -0.979. The van der Waals surface area contributed by atoms with Gasteiger partial charge in [0.05, 0.1) is 0 Å². The van der Waals surface area contributed by atoms with E-state index in [-0.39, 0.29) is 6.04 Å². The van der Waals surface area contributed by atoms with Crippen LogP contribution in [0, 0.1) is 5.82 Å². The van der Waals surface area contributed by atoms with Crippen molar-refractivity contribution >= 4 is 21.9 Å². The molecule has 0 heterocycles. The van der Waals surface area contributed by atoms with Gasteiger partial charge < -0.3 is 5.11 Å². The van der Waals surface area contributed by atoms with E-state index in [0.29, 0.717) is 10.0 Å². The van der Waals surface area contributed by atoms with Gasteiger partial charge in [0.25, 0.3) is 0 Å². The Bertz CT molecular complexity index is 447. The Kier molecular flexibility index (Phi) is 4.35. The fraction of sp³-hybridized carbons (Fsp3) is 0.462. The zero-order valence-corrected chi connectivity index (χ0v) is 11.4. The van der Waals surface area contributed by atoms with Crippen LogP contribution in [0.5, 0.6) is 0 Å². The molecule has 5 heteroatoms. The molecule has 0 bridgehead atoms. The third kappa shape index (κ3) is 3.09. The smallest absolute Gasteiger partial charge is 0.325 e. The second-order valence-electron chi connectivity index (χ2n) is 4.59. The van der Waals surface area contributed by atoms with Crippen LogP contribution in [0.4, 0.5) is 4.39 Å². The maximum atomic E-state index is 13.2. The zero-order chi connectivity index (χ0) is 13.1. The van der Waals surface area contributed by atoms with E-state index in [9.17, 15) is 14.3 Å². The van der Waals surface area contributed by atoms with Crippen molar-refractivity contribution in [2.24, 2.45) is 0 Å². The first-order valence-corrected chi connectivity index (χ1v) is 6.81. The highest BCUT2D eigenvalue weighted by Gasteiger charge is 2.27. The van der Waals surface area contributed by atoms with E-state index in [1.54, 1.807) is 0 Å². The maximum Gasteiger partial charge on any atom is 0.325 e. The summed E-state index contributed by atoms with van der Waals surface area (Å²) in [6.45, 7) is 0. The van der Waals surface area contributed by atoms with Crippen molar-refractivity contribution in [1.29, 1.82) is 0 Å². The highest BCUT2D eigenvalue weighted by Crippen LogP contribution is 2.27. The minimum Gasteiger partial charge on any atom is -0.480 e. The van der Waals surface area contributed by atoms with Gasteiger partial charge in [-0.3, -0.25) is 10.1 Å². The van der Waals surface area contributed by atoms with Gasteiger partial charge in [-0.2, -0.15) is 0 Å². The number of carboxylic acid groups (broad SMARTS) is 1. The lowest BCUT2D eigenvalue weighted by molar-refractivity contribution is -0.139. The normalized spacial score (nSPS) is 17.9. The largest absolute Gasteiger partial charge is 0.480 e. The molecule has 0 spiro atoms. The van der Waals surface area contributed by atoms with Crippen LogP contribution < -0.4 is 5.32 Å². The van der Waals surface area contributed by atoms with E-state index in [1.165, 1.54) is 18.2 Å². The van der Waals surface area contributed by atoms with Crippen molar-refractivity contribution in [2.45, 2.75) is 37.8 Å². The van der Waals surface area contributed by atoms with Gasteiger partial charge in [-0.15, -0.1) is 0 Å². The van der Waals surface area contributed by atoms with Gasteiger partial charge in [0.2, 0.25) is 0 Å². The van der Waals surface area contributed by atoms with E-state index < -0.39 is 17.8 Å². The first-order valence-electron chi connectivity index (χ1n) is 6.01. The molecule has 1 atom stereocenters. The van der Waals surface area contributed by atoms with Gasteiger partial charge in [-0.25, -0.2) is 4.39 Å². The molecule has 1 fully saturated rings. The van der Waals surface area contributed by atoms with E-state index in [0.717, 1.165) is 25.7 Å². The number of halogens is 2. The van der Waals surface area contributed by atoms with E-state index >= 15 is 0 Å². The number of nitrogens with one attached hydrogen (secondary N) is 1. The fourth-order valence-electron chi connectivity index (χ4n) is 2.36. The molecular formula is C13H15BrFNO2. The van der Waals surface area contributed by atoms with Crippen molar-refractivity contribution in [2.75, 3.05) is 0 Å². The fourth-order valence-corrected chi connectivity index (χ4v) is 2.83. The Morgan fingerprint density at radius 1 is 1.44 bits per heavy atom. The monoisotopic (exact) mass is 315 g/mol. The highest BCUT2D eigenvalue weighted by atomic mass is 79.9. The predicted molar refractivity (Wildman–Crippen MR) is 69.9 cm³/mol. The minimum absolute atomic E-state index is 0.210. The van der Waals surface area contributed by atoms with E-state index in [1.807, 2.05) is 0 Å². The summed E-state index contributed by atoms with van der Waals surface area (Å²) >= 11 is 3.28. The molecule has 0 aromatic heterocycles. The Labute approximate surface area is 114 Å². The van der Waals surface area contributed by atoms with Crippen LogP contribution in [0.1, 0.15) is 37.3 Å². The topological polar surface area (TPSA) is 49.3 Å². The van der Waals surface area contributed by atoms with Gasteiger partial charge in [-0.05, 0) is 36.6 Å². The van der Waals surface area contributed by atoms with Crippen LogP contribution in [-0.4, -0.2) is 17.1 Å². The first-order chi connectivity index (χ1) is 8.58. The van der Waals surface area contributed by atoms with Crippen LogP contribution in [0.3, 0.4) is 0 Å². The van der Waals surface area contributed by atoms with Crippen molar-refractivity contribution in [1.82, 2.24) is 5.32 Å². The number of hydrogen-bond acceptors (Lipinski definition) is 2. The van der Waals surface area contributed by atoms with Crippen LogP contribution >= 0.6 is 15.9 Å². The van der Waals surface area contributed by atoms with Crippen molar-refractivity contribution < 1.29 is 14.3 Å². The molecule has 1 aliphatic rings. The number of carbonyl (C=O) groups is 1. The van der Waals surface area contributed by atoms with Crippen molar-refractivity contribution in [3.63, 3.8) is 0 Å². The summed E-state index contributed by atoms with van der Waals surface area (Å²) in [5.74, 6) is -1.40. The maximum absolute atomic E-state index is 13.2. The molecule has 1 aliphatic carbocycles. The molecule has 2 rings (SSSR count). The molecule has 0 radical (unpaired) electrons. The van der Waals surface area contributed by atoms with Crippen LogP contribution in [0.15, 0.2) is 22.7 Å². The third-order valence-corrected chi connectivity index (χ3v) is 4.00. The van der Waals surface area contributed by atoms with Gasteiger partial charge in [0.15, 0.2) is 0 Å². The molecule has 2 N–H and O–H groups in total. The Morgan fingerprint density at radius 2 is 2.11 bits per heavy atom. The third-order valence-electron chi connectivity index (χ3n) is 3.27. The molecule has 1 unspecified atom stereocenters. The summed E-state index contributed by atoms with van der Waals surface area (Å²) in [7, 11) is 0. The van der Waals surface area contributed by atoms with Gasteiger partial charge in [-0.1, -0.05) is 28.8 Å². The second kappa shape index (κ2) is 5.80. The average molecular weight is 316 g/mol. The number of benzene rings is 1. The Morgan fingerprint density at radius 3 is 2.72 bits per heavy atom. The Balaban J connectivity index is 2.23. The molecule has 0 aliphatic heterocycles. The molecule has 3 nitrogen and oxygen atoms in total. The summed E-state index contributed by atoms with van der Waals surface area (Å²) in [5.41, 5.74) is 0.439. The SMILES string of the molecule is O=C(O)C(NC1CCCC1)c1cc(F)ccc1Br. The zero-order valence-electron chi connectivity index (χ0n) is 9.83. The lowest BCUT2D eigenvalue weighted by Gasteiger charge is -2.20. The summed E-state index contributed by atoms with van der Waals surface area (Å²) in [4.78, 5) is 11.3. The summed E-state index contributed by atoms with van der Waals surface area (Å²) < 4.78 is 13.9. The Hall–Kier alpha value is -0.940. The number of hydrogen-bond donors (Lipinski definition) is 2. The molecule has 0 amide bonds. The molecule has 0 saturated heterocycles. The van der Waals surface area contributed by atoms with Gasteiger partial charge >= 0.3 is 5.97 Å². The van der Waals surface area contributed by atoms with E-state index in [4.69, 9.17) is 0 Å². The van der Waals surface area contributed by atoms with Crippen molar-refractivity contribution in [3.8, 4) is 0 Å². The quantitative estimate of drug-likeness (QED) is 0.896. The average Bonchev–Trinajstić information content (AvgIpc) is 2.82. The van der Waals surface area contributed by atoms with Crippen molar-refractivity contribution in [3.05, 3.63) is 34.1 Å². The van der Waals surface area contributed by atoms with E-state index in [2.05, 4.69) is 21.2 Å². The summed E-state index contributed by atoms with van der Waals surface area (Å²) in [6, 6.07) is 3.46. The van der Waals surface area contributed by atoms with Crippen LogP contribution in [-0.2, 0) is 4.79 Å². The van der Waals surface area contributed by atoms with Gasteiger partial charge in [0.1, 0.15) is 11.9 Å². The summed E-state index contributed by atoms with van der Waals surface area (Å²) in [5, 5.41) is 12.4. The number of rotatable bonds is 4. The number of carboxylic acids is 1. The molecular weight excluding hydrogens is 301 g/mol. The highest BCUT2D eigenvalue weighted by molar-refractivity contribution is 9.10.